The number of aromatic nitrogens is 2. The Bertz CT molecular complexity index is 478. The van der Waals surface area contributed by atoms with Crippen LogP contribution in [-0.2, 0) is 6.54 Å². The monoisotopic (exact) mass is 250 g/mol. The highest BCUT2D eigenvalue weighted by Crippen LogP contribution is 2.21. The van der Waals surface area contributed by atoms with Gasteiger partial charge in [-0.2, -0.15) is 0 Å². The van der Waals surface area contributed by atoms with E-state index >= 15 is 0 Å². The van der Waals surface area contributed by atoms with Crippen molar-refractivity contribution in [1.82, 2.24) is 15.0 Å². The molecule has 0 aliphatic carbocycles. The molecule has 3 N–H and O–H groups in total. The molecule has 0 saturated carbocycles. The Hall–Kier alpha value is -1.36. The second-order valence-electron chi connectivity index (χ2n) is 3.72. The highest BCUT2D eigenvalue weighted by molar-refractivity contribution is 6.30. The smallest absolute Gasteiger partial charge is 0.131 e. The Kier molecular flexibility index (Phi) is 3.78. The lowest BCUT2D eigenvalue weighted by Gasteiger charge is -2.17. The Morgan fingerprint density at radius 3 is 2.71 bits per heavy atom. The maximum atomic E-state index is 5.87. The lowest BCUT2D eigenvalue weighted by Crippen LogP contribution is -2.31. The minimum atomic E-state index is -0.123. The summed E-state index contributed by atoms with van der Waals surface area (Å²) in [6.07, 6.45) is 3.72. The number of aryl methyl sites for hydroxylation is 1. The molecule has 4 nitrogen and oxygen atoms in total. The van der Waals surface area contributed by atoms with Crippen LogP contribution in [0.2, 0.25) is 5.02 Å². The summed E-state index contributed by atoms with van der Waals surface area (Å²) in [4.78, 5) is 4.34. The molecule has 2 rings (SSSR count). The van der Waals surface area contributed by atoms with E-state index in [0.717, 1.165) is 17.9 Å². The first-order chi connectivity index (χ1) is 8.26. The zero-order valence-electron chi connectivity index (χ0n) is 9.60. The Morgan fingerprint density at radius 1 is 1.41 bits per heavy atom. The zero-order valence-corrected chi connectivity index (χ0v) is 10.4. The van der Waals surface area contributed by atoms with Crippen molar-refractivity contribution < 1.29 is 0 Å². The third-order valence-corrected chi connectivity index (χ3v) is 2.97. The molecule has 1 aromatic carbocycles. The van der Waals surface area contributed by atoms with Crippen molar-refractivity contribution in [2.75, 3.05) is 0 Å². The first-order valence-corrected chi connectivity index (χ1v) is 5.86. The maximum Gasteiger partial charge on any atom is 0.131 e. The van der Waals surface area contributed by atoms with Crippen molar-refractivity contribution in [1.29, 1.82) is 0 Å². The van der Waals surface area contributed by atoms with Crippen molar-refractivity contribution in [3.05, 3.63) is 53.1 Å². The average molecular weight is 251 g/mol. The molecule has 5 heteroatoms. The highest BCUT2D eigenvalue weighted by Gasteiger charge is 2.16. The molecular formula is C12H15ClN4. The molecule has 17 heavy (non-hydrogen) atoms. The van der Waals surface area contributed by atoms with Crippen LogP contribution in [-0.4, -0.2) is 9.55 Å². The van der Waals surface area contributed by atoms with Gasteiger partial charge in [-0.3, -0.25) is 5.84 Å². The van der Waals surface area contributed by atoms with Crippen LogP contribution >= 0.6 is 11.6 Å². The van der Waals surface area contributed by atoms with Crippen LogP contribution in [0.4, 0.5) is 0 Å². The SMILES string of the molecule is CCn1ccnc1C(NN)c1ccc(Cl)cc1. The van der Waals surface area contributed by atoms with Gasteiger partial charge in [0.1, 0.15) is 11.9 Å². The van der Waals surface area contributed by atoms with E-state index in [0.29, 0.717) is 5.02 Å². The third kappa shape index (κ3) is 2.49. The summed E-state index contributed by atoms with van der Waals surface area (Å²) in [5.74, 6) is 6.52. The van der Waals surface area contributed by atoms with E-state index in [1.165, 1.54) is 0 Å². The predicted molar refractivity (Wildman–Crippen MR) is 68.5 cm³/mol. The quantitative estimate of drug-likeness (QED) is 0.646. The number of benzene rings is 1. The molecule has 2 aromatic rings. The number of nitrogens with one attached hydrogen (secondary N) is 1. The van der Waals surface area contributed by atoms with Crippen molar-refractivity contribution in [2.24, 2.45) is 5.84 Å². The van der Waals surface area contributed by atoms with Crippen LogP contribution in [0.15, 0.2) is 36.7 Å². The van der Waals surface area contributed by atoms with E-state index in [4.69, 9.17) is 17.4 Å². The second-order valence-corrected chi connectivity index (χ2v) is 4.16. The van der Waals surface area contributed by atoms with E-state index in [1.807, 2.05) is 30.5 Å². The summed E-state index contributed by atoms with van der Waals surface area (Å²) in [6.45, 7) is 2.93. The molecule has 0 amide bonds. The minimum Gasteiger partial charge on any atom is -0.334 e. The zero-order chi connectivity index (χ0) is 12.3. The fourth-order valence-corrected chi connectivity index (χ4v) is 1.95. The molecule has 0 aliphatic rings. The van der Waals surface area contributed by atoms with Gasteiger partial charge in [0.25, 0.3) is 0 Å². The predicted octanol–water partition coefficient (Wildman–Crippen LogP) is 2.11. The summed E-state index contributed by atoms with van der Waals surface area (Å²) < 4.78 is 2.05. The average Bonchev–Trinajstić information content (AvgIpc) is 2.81. The summed E-state index contributed by atoms with van der Waals surface area (Å²) >= 11 is 5.87. The molecule has 0 radical (unpaired) electrons. The number of hydrogen-bond acceptors (Lipinski definition) is 3. The van der Waals surface area contributed by atoms with Crippen LogP contribution in [0.25, 0.3) is 0 Å². The number of rotatable bonds is 4. The summed E-state index contributed by atoms with van der Waals surface area (Å²) in [7, 11) is 0. The Balaban J connectivity index is 2.36. The van der Waals surface area contributed by atoms with Gasteiger partial charge in [0.2, 0.25) is 0 Å². The second kappa shape index (κ2) is 5.31. The molecule has 0 aliphatic heterocycles. The number of halogens is 1. The molecular weight excluding hydrogens is 236 g/mol. The molecule has 1 heterocycles. The van der Waals surface area contributed by atoms with Crippen LogP contribution in [0, 0.1) is 0 Å². The Labute approximate surface area is 105 Å². The third-order valence-electron chi connectivity index (χ3n) is 2.72. The number of nitrogens with zero attached hydrogens (tertiary/aromatic N) is 2. The molecule has 0 spiro atoms. The molecule has 1 unspecified atom stereocenters. The lowest BCUT2D eigenvalue weighted by molar-refractivity contribution is 0.561. The van der Waals surface area contributed by atoms with Gasteiger partial charge in [0.15, 0.2) is 0 Å². The fraction of sp³-hybridized carbons (Fsp3) is 0.250. The van der Waals surface area contributed by atoms with Gasteiger partial charge < -0.3 is 4.57 Å². The first kappa shape index (κ1) is 12.1. The summed E-state index contributed by atoms with van der Waals surface area (Å²) in [5.41, 5.74) is 3.83. The van der Waals surface area contributed by atoms with Crippen molar-refractivity contribution in [2.45, 2.75) is 19.5 Å². The topological polar surface area (TPSA) is 55.9 Å². The van der Waals surface area contributed by atoms with Gasteiger partial charge >= 0.3 is 0 Å². The number of hydrogen-bond donors (Lipinski definition) is 2. The number of nitrogens with two attached hydrogens (primary N) is 1. The Morgan fingerprint density at radius 2 is 2.12 bits per heavy atom. The van der Waals surface area contributed by atoms with Crippen LogP contribution in [0.5, 0.6) is 0 Å². The van der Waals surface area contributed by atoms with Crippen LogP contribution in [0.1, 0.15) is 24.4 Å². The van der Waals surface area contributed by atoms with E-state index < -0.39 is 0 Å². The van der Waals surface area contributed by atoms with Gasteiger partial charge in [0.05, 0.1) is 0 Å². The summed E-state index contributed by atoms with van der Waals surface area (Å²) in [5, 5.41) is 0.711. The number of hydrazine groups is 1. The van der Waals surface area contributed by atoms with Crippen LogP contribution in [0.3, 0.4) is 0 Å². The first-order valence-electron chi connectivity index (χ1n) is 5.49. The molecule has 0 saturated heterocycles. The van der Waals surface area contributed by atoms with Gasteiger partial charge in [0, 0.05) is 24.0 Å². The lowest BCUT2D eigenvalue weighted by atomic mass is 10.1. The fourth-order valence-electron chi connectivity index (χ4n) is 1.82. The van der Waals surface area contributed by atoms with Gasteiger partial charge in [-0.15, -0.1) is 0 Å². The maximum absolute atomic E-state index is 5.87. The highest BCUT2D eigenvalue weighted by atomic mass is 35.5. The van der Waals surface area contributed by atoms with Crippen molar-refractivity contribution in [3.63, 3.8) is 0 Å². The van der Waals surface area contributed by atoms with E-state index in [-0.39, 0.29) is 6.04 Å². The van der Waals surface area contributed by atoms with Crippen molar-refractivity contribution >= 4 is 11.6 Å². The van der Waals surface area contributed by atoms with Crippen LogP contribution < -0.4 is 11.3 Å². The van der Waals surface area contributed by atoms with E-state index in [2.05, 4.69) is 21.9 Å². The van der Waals surface area contributed by atoms with Crippen molar-refractivity contribution in [3.8, 4) is 0 Å². The van der Waals surface area contributed by atoms with Gasteiger partial charge in [-0.1, -0.05) is 23.7 Å². The normalized spacial score (nSPS) is 12.6. The molecule has 90 valence electrons. The summed E-state index contributed by atoms with van der Waals surface area (Å²) in [6, 6.07) is 7.46. The van der Waals surface area contributed by atoms with Gasteiger partial charge in [-0.05, 0) is 24.6 Å². The largest absolute Gasteiger partial charge is 0.334 e. The molecule has 1 aromatic heterocycles. The number of imidazole rings is 1. The molecule has 0 bridgehead atoms. The van der Waals surface area contributed by atoms with E-state index in [9.17, 15) is 0 Å². The standard InChI is InChI=1S/C12H15ClN4/c1-2-17-8-7-15-12(17)11(16-14)9-3-5-10(13)6-4-9/h3-8,11,16H,2,14H2,1H3. The van der Waals surface area contributed by atoms with E-state index in [1.54, 1.807) is 6.20 Å². The minimum absolute atomic E-state index is 0.123. The van der Waals surface area contributed by atoms with Gasteiger partial charge in [-0.25, -0.2) is 10.4 Å². The molecule has 1 atom stereocenters. The molecule has 0 fully saturated rings.